The molecule has 7 heteroatoms. The van der Waals surface area contributed by atoms with Gasteiger partial charge in [-0.2, -0.15) is 0 Å². The molecule has 1 aliphatic rings. The van der Waals surface area contributed by atoms with Crippen LogP contribution >= 0.6 is 0 Å². The highest BCUT2D eigenvalue weighted by Crippen LogP contribution is 2.10. The lowest BCUT2D eigenvalue weighted by atomic mass is 10.0. The van der Waals surface area contributed by atoms with E-state index in [1.54, 1.807) is 18.9 Å². The maximum atomic E-state index is 11.8. The molecule has 1 rings (SSSR count). The summed E-state index contributed by atoms with van der Waals surface area (Å²) in [7, 11) is 1.72. The topological polar surface area (TPSA) is 98.7 Å². The van der Waals surface area contributed by atoms with Crippen LogP contribution in [0.5, 0.6) is 0 Å². The van der Waals surface area contributed by atoms with E-state index in [0.29, 0.717) is 25.8 Å². The Morgan fingerprint density at radius 3 is 2.57 bits per heavy atom. The number of amides is 3. The molecule has 1 fully saturated rings. The molecular formula is C14H25N3O4. The molecule has 0 aromatic carbocycles. The van der Waals surface area contributed by atoms with Crippen LogP contribution in [0.4, 0.5) is 4.79 Å². The van der Waals surface area contributed by atoms with Crippen molar-refractivity contribution < 1.29 is 19.5 Å². The van der Waals surface area contributed by atoms with E-state index in [0.717, 1.165) is 6.42 Å². The Hall–Kier alpha value is -1.79. The summed E-state index contributed by atoms with van der Waals surface area (Å²) in [5.41, 5.74) is 0. The maximum absolute atomic E-state index is 11.8. The Morgan fingerprint density at radius 2 is 2.05 bits per heavy atom. The van der Waals surface area contributed by atoms with Crippen molar-refractivity contribution in [3.8, 4) is 0 Å². The van der Waals surface area contributed by atoms with Gasteiger partial charge in [-0.25, -0.2) is 4.79 Å². The van der Waals surface area contributed by atoms with Crippen LogP contribution in [-0.4, -0.2) is 53.6 Å². The molecular weight excluding hydrogens is 274 g/mol. The van der Waals surface area contributed by atoms with Crippen molar-refractivity contribution in [2.45, 2.75) is 51.6 Å². The van der Waals surface area contributed by atoms with E-state index in [1.807, 2.05) is 6.92 Å². The number of hydrogen-bond donors (Lipinski definition) is 3. The van der Waals surface area contributed by atoms with Crippen LogP contribution in [0.3, 0.4) is 0 Å². The number of nitrogens with one attached hydrogen (secondary N) is 2. The molecule has 0 saturated carbocycles. The number of likely N-dealkylation sites (tertiary alicyclic amines) is 1. The maximum Gasteiger partial charge on any atom is 0.315 e. The number of urea groups is 1. The number of carboxylic acid groups (broad SMARTS) is 1. The Morgan fingerprint density at radius 1 is 1.38 bits per heavy atom. The number of nitrogens with zero attached hydrogens (tertiary/aromatic N) is 1. The highest BCUT2D eigenvalue weighted by atomic mass is 16.4. The van der Waals surface area contributed by atoms with Gasteiger partial charge in [-0.1, -0.05) is 13.3 Å². The van der Waals surface area contributed by atoms with E-state index >= 15 is 0 Å². The molecule has 7 nitrogen and oxygen atoms in total. The molecule has 1 aliphatic heterocycles. The lowest BCUT2D eigenvalue weighted by Crippen LogP contribution is -2.48. The molecule has 0 aliphatic carbocycles. The fourth-order valence-corrected chi connectivity index (χ4v) is 2.31. The zero-order valence-corrected chi connectivity index (χ0v) is 12.9. The quantitative estimate of drug-likeness (QED) is 0.647. The Labute approximate surface area is 125 Å². The van der Waals surface area contributed by atoms with E-state index < -0.39 is 12.0 Å². The number of hydrogen-bond acceptors (Lipinski definition) is 3. The molecule has 1 saturated heterocycles. The van der Waals surface area contributed by atoms with E-state index in [4.69, 9.17) is 5.11 Å². The summed E-state index contributed by atoms with van der Waals surface area (Å²) in [6, 6.07) is -0.836. The summed E-state index contributed by atoms with van der Waals surface area (Å²) in [4.78, 5) is 35.7. The van der Waals surface area contributed by atoms with Crippen LogP contribution in [0.15, 0.2) is 0 Å². The Kier molecular flexibility index (Phi) is 6.45. The van der Waals surface area contributed by atoms with Gasteiger partial charge in [0.15, 0.2) is 0 Å². The molecule has 120 valence electrons. The fraction of sp³-hybridized carbons (Fsp3) is 0.786. The average Bonchev–Trinajstić information content (AvgIpc) is 2.70. The Balaban J connectivity index is 2.22. The molecule has 3 N–H and O–H groups in total. The minimum atomic E-state index is -0.794. The zero-order chi connectivity index (χ0) is 16.0. The monoisotopic (exact) mass is 299 g/mol. The summed E-state index contributed by atoms with van der Waals surface area (Å²) >= 11 is 0. The summed E-state index contributed by atoms with van der Waals surface area (Å²) in [5, 5.41) is 14.2. The third-order valence-corrected chi connectivity index (χ3v) is 3.81. The standard InChI is InChI=1S/C14H25N3O4/c1-9(13(19)20)5-4-6-10(2)15-14(21)16-11-7-8-17(3)12(11)18/h9-11H,4-8H2,1-3H3,(H,19,20)(H2,15,16,21). The van der Waals surface area contributed by atoms with Crippen molar-refractivity contribution in [1.82, 2.24) is 15.5 Å². The molecule has 0 aromatic heterocycles. The smallest absolute Gasteiger partial charge is 0.315 e. The molecule has 1 heterocycles. The second-order valence-electron chi connectivity index (χ2n) is 5.79. The van der Waals surface area contributed by atoms with Crippen LogP contribution < -0.4 is 10.6 Å². The lowest BCUT2D eigenvalue weighted by molar-refractivity contribution is -0.141. The van der Waals surface area contributed by atoms with Crippen molar-refractivity contribution in [3.05, 3.63) is 0 Å². The number of rotatable bonds is 7. The molecule has 3 amide bonds. The molecule has 3 atom stereocenters. The summed E-state index contributed by atoms with van der Waals surface area (Å²) < 4.78 is 0. The first-order valence-electron chi connectivity index (χ1n) is 7.36. The average molecular weight is 299 g/mol. The van der Waals surface area contributed by atoms with Gasteiger partial charge in [0.2, 0.25) is 5.91 Å². The van der Waals surface area contributed by atoms with Crippen molar-refractivity contribution in [3.63, 3.8) is 0 Å². The SMILES string of the molecule is CC(CCCC(C)C(=O)O)NC(=O)NC1CCN(C)C1=O. The number of carboxylic acids is 1. The van der Waals surface area contributed by atoms with E-state index in [9.17, 15) is 14.4 Å². The van der Waals surface area contributed by atoms with E-state index in [1.165, 1.54) is 0 Å². The summed E-state index contributed by atoms with van der Waals surface area (Å²) in [6.45, 7) is 4.20. The molecule has 0 spiro atoms. The van der Waals surface area contributed by atoms with Gasteiger partial charge < -0.3 is 20.6 Å². The first-order valence-corrected chi connectivity index (χ1v) is 7.36. The van der Waals surface area contributed by atoms with Crippen LogP contribution in [0, 0.1) is 5.92 Å². The van der Waals surface area contributed by atoms with E-state index in [2.05, 4.69) is 10.6 Å². The van der Waals surface area contributed by atoms with Crippen molar-refractivity contribution in [2.24, 2.45) is 5.92 Å². The summed E-state index contributed by atoms with van der Waals surface area (Å²) in [5.74, 6) is -1.22. The second kappa shape index (κ2) is 7.85. The third-order valence-electron chi connectivity index (χ3n) is 3.81. The Bertz CT molecular complexity index is 400. The van der Waals surface area contributed by atoms with Gasteiger partial charge in [0.05, 0.1) is 5.92 Å². The van der Waals surface area contributed by atoms with Crippen LogP contribution in [0.2, 0.25) is 0 Å². The fourth-order valence-electron chi connectivity index (χ4n) is 2.31. The first-order chi connectivity index (χ1) is 9.81. The number of carbonyl (C=O) groups excluding carboxylic acids is 2. The van der Waals surface area contributed by atoms with Gasteiger partial charge in [-0.05, 0) is 26.2 Å². The normalized spacial score (nSPS) is 21.0. The molecule has 0 aromatic rings. The van der Waals surface area contributed by atoms with E-state index in [-0.39, 0.29) is 23.9 Å². The zero-order valence-electron chi connectivity index (χ0n) is 12.9. The van der Waals surface area contributed by atoms with Crippen molar-refractivity contribution >= 4 is 17.9 Å². The predicted octanol–water partition coefficient (Wildman–Crippen LogP) is 0.796. The predicted molar refractivity (Wildman–Crippen MR) is 77.8 cm³/mol. The van der Waals surface area contributed by atoms with Gasteiger partial charge in [-0.15, -0.1) is 0 Å². The highest BCUT2D eigenvalue weighted by Gasteiger charge is 2.30. The molecule has 3 unspecified atom stereocenters. The van der Waals surface area contributed by atoms with Crippen molar-refractivity contribution in [2.75, 3.05) is 13.6 Å². The van der Waals surface area contributed by atoms with Crippen LogP contribution in [-0.2, 0) is 9.59 Å². The third kappa shape index (κ3) is 5.61. The van der Waals surface area contributed by atoms with Crippen LogP contribution in [0.1, 0.15) is 39.5 Å². The van der Waals surface area contributed by atoms with Gasteiger partial charge in [0.1, 0.15) is 6.04 Å². The van der Waals surface area contributed by atoms with Gasteiger partial charge in [0, 0.05) is 19.6 Å². The van der Waals surface area contributed by atoms with Gasteiger partial charge in [0.25, 0.3) is 0 Å². The van der Waals surface area contributed by atoms with Gasteiger partial charge >= 0.3 is 12.0 Å². The lowest BCUT2D eigenvalue weighted by Gasteiger charge is -2.17. The van der Waals surface area contributed by atoms with Crippen LogP contribution in [0.25, 0.3) is 0 Å². The van der Waals surface area contributed by atoms with Gasteiger partial charge in [-0.3, -0.25) is 9.59 Å². The number of carbonyl (C=O) groups is 3. The minimum absolute atomic E-state index is 0.0553. The first kappa shape index (κ1) is 17.3. The highest BCUT2D eigenvalue weighted by molar-refractivity contribution is 5.88. The minimum Gasteiger partial charge on any atom is -0.481 e. The summed E-state index contributed by atoms with van der Waals surface area (Å²) in [6.07, 6.45) is 2.67. The van der Waals surface area contributed by atoms with Crippen molar-refractivity contribution in [1.29, 1.82) is 0 Å². The molecule has 0 bridgehead atoms. The molecule has 21 heavy (non-hydrogen) atoms. The largest absolute Gasteiger partial charge is 0.481 e. The number of aliphatic carboxylic acids is 1. The molecule has 0 radical (unpaired) electrons. The number of likely N-dealkylation sites (N-methyl/N-ethyl adjacent to an activating group) is 1. The second-order valence-corrected chi connectivity index (χ2v) is 5.79.